The molecule has 6 heteroatoms. The van der Waals surface area contributed by atoms with E-state index in [1.54, 1.807) is 13.2 Å². The molecule has 0 saturated carbocycles. The van der Waals surface area contributed by atoms with Crippen LogP contribution in [0.25, 0.3) is 0 Å². The summed E-state index contributed by atoms with van der Waals surface area (Å²) < 4.78 is 0. The van der Waals surface area contributed by atoms with E-state index in [0.717, 1.165) is 11.3 Å². The molecule has 0 spiro atoms. The molecule has 1 aromatic heterocycles. The first-order chi connectivity index (χ1) is 8.60. The molecule has 2 rings (SSSR count). The van der Waals surface area contributed by atoms with E-state index in [1.807, 2.05) is 25.1 Å². The van der Waals surface area contributed by atoms with Crippen LogP contribution in [0.4, 0.5) is 17.5 Å². The van der Waals surface area contributed by atoms with Crippen LogP contribution in [0.3, 0.4) is 0 Å². The lowest BCUT2D eigenvalue weighted by atomic mass is 10.2. The average molecular weight is 283 g/mol. The van der Waals surface area contributed by atoms with Gasteiger partial charge >= 0.3 is 0 Å². The van der Waals surface area contributed by atoms with Crippen LogP contribution in [0, 0.1) is 6.92 Å². The van der Waals surface area contributed by atoms with Crippen LogP contribution >= 0.6 is 23.2 Å². The van der Waals surface area contributed by atoms with Gasteiger partial charge in [-0.25, -0.2) is 4.98 Å². The number of hydrogen-bond donors (Lipinski definition) is 2. The summed E-state index contributed by atoms with van der Waals surface area (Å²) in [6, 6.07) is 5.59. The Morgan fingerprint density at radius 1 is 1.22 bits per heavy atom. The number of nitrogens with one attached hydrogen (secondary N) is 2. The first kappa shape index (κ1) is 12.9. The van der Waals surface area contributed by atoms with Gasteiger partial charge in [0.1, 0.15) is 5.02 Å². The standard InChI is InChI=1S/C12H12Cl2N4/c1-7-3-4-8(13)5-10(7)17-11-9(14)6-16-12(15-2)18-11/h3-6H,1-2H3,(H2,15,16,17,18). The van der Waals surface area contributed by atoms with Crippen molar-refractivity contribution in [1.29, 1.82) is 0 Å². The van der Waals surface area contributed by atoms with Crippen molar-refractivity contribution in [1.82, 2.24) is 9.97 Å². The Balaban J connectivity index is 2.36. The van der Waals surface area contributed by atoms with Gasteiger partial charge in [0.05, 0.1) is 6.20 Å². The molecule has 0 aliphatic rings. The maximum atomic E-state index is 6.05. The Bertz CT molecular complexity index is 572. The van der Waals surface area contributed by atoms with Gasteiger partial charge in [-0.05, 0) is 24.6 Å². The van der Waals surface area contributed by atoms with E-state index in [2.05, 4.69) is 20.6 Å². The number of rotatable bonds is 3. The highest BCUT2D eigenvalue weighted by Crippen LogP contribution is 2.27. The third kappa shape index (κ3) is 2.83. The van der Waals surface area contributed by atoms with Gasteiger partial charge in [-0.15, -0.1) is 0 Å². The van der Waals surface area contributed by atoms with E-state index in [9.17, 15) is 0 Å². The van der Waals surface area contributed by atoms with E-state index in [-0.39, 0.29) is 0 Å². The topological polar surface area (TPSA) is 49.8 Å². The third-order valence-corrected chi connectivity index (χ3v) is 2.93. The van der Waals surface area contributed by atoms with Gasteiger partial charge in [0.2, 0.25) is 5.95 Å². The molecule has 0 radical (unpaired) electrons. The van der Waals surface area contributed by atoms with Crippen LogP contribution in [0.1, 0.15) is 5.56 Å². The summed E-state index contributed by atoms with van der Waals surface area (Å²) >= 11 is 12.0. The second-order valence-electron chi connectivity index (χ2n) is 3.72. The summed E-state index contributed by atoms with van der Waals surface area (Å²) in [7, 11) is 1.75. The Morgan fingerprint density at radius 3 is 2.72 bits per heavy atom. The molecule has 0 saturated heterocycles. The summed E-state index contributed by atoms with van der Waals surface area (Å²) in [5.41, 5.74) is 1.92. The molecule has 0 fully saturated rings. The minimum atomic E-state index is 0.452. The molecule has 0 aliphatic heterocycles. The molecule has 94 valence electrons. The van der Waals surface area contributed by atoms with Gasteiger partial charge in [0.25, 0.3) is 0 Å². The van der Waals surface area contributed by atoms with Gasteiger partial charge in [0.15, 0.2) is 5.82 Å². The van der Waals surface area contributed by atoms with Crippen LogP contribution in [-0.2, 0) is 0 Å². The van der Waals surface area contributed by atoms with Crippen molar-refractivity contribution in [3.63, 3.8) is 0 Å². The molecular weight excluding hydrogens is 271 g/mol. The zero-order chi connectivity index (χ0) is 13.1. The predicted octanol–water partition coefficient (Wildman–Crippen LogP) is 3.88. The van der Waals surface area contributed by atoms with Crippen molar-refractivity contribution in [2.45, 2.75) is 6.92 Å². The molecular formula is C12H12Cl2N4. The highest BCUT2D eigenvalue weighted by Gasteiger charge is 2.07. The van der Waals surface area contributed by atoms with Gasteiger partial charge in [-0.1, -0.05) is 29.3 Å². The molecule has 0 aliphatic carbocycles. The molecule has 0 atom stereocenters. The molecule has 0 bridgehead atoms. The summed E-state index contributed by atoms with van der Waals surface area (Å²) in [4.78, 5) is 8.27. The van der Waals surface area contributed by atoms with E-state index in [1.165, 1.54) is 0 Å². The monoisotopic (exact) mass is 282 g/mol. The van der Waals surface area contributed by atoms with Gasteiger partial charge in [-0.3, -0.25) is 0 Å². The van der Waals surface area contributed by atoms with Crippen molar-refractivity contribution in [3.05, 3.63) is 40.0 Å². The van der Waals surface area contributed by atoms with Crippen molar-refractivity contribution < 1.29 is 0 Å². The highest BCUT2D eigenvalue weighted by molar-refractivity contribution is 6.33. The Morgan fingerprint density at radius 2 is 2.00 bits per heavy atom. The maximum absolute atomic E-state index is 6.05. The fraction of sp³-hybridized carbons (Fsp3) is 0.167. The third-order valence-electron chi connectivity index (χ3n) is 2.42. The lowest BCUT2D eigenvalue weighted by Crippen LogP contribution is -2.01. The Kier molecular flexibility index (Phi) is 3.89. The average Bonchev–Trinajstić information content (AvgIpc) is 2.36. The zero-order valence-electron chi connectivity index (χ0n) is 9.96. The number of hydrogen-bond acceptors (Lipinski definition) is 4. The second kappa shape index (κ2) is 5.42. The number of aromatic nitrogens is 2. The minimum absolute atomic E-state index is 0.452. The predicted molar refractivity (Wildman–Crippen MR) is 76.1 cm³/mol. The number of aryl methyl sites for hydroxylation is 1. The molecule has 2 N–H and O–H groups in total. The highest BCUT2D eigenvalue weighted by atomic mass is 35.5. The Hall–Kier alpha value is -1.52. The van der Waals surface area contributed by atoms with Crippen molar-refractivity contribution in [2.24, 2.45) is 0 Å². The number of benzene rings is 1. The number of halogens is 2. The van der Waals surface area contributed by atoms with Gasteiger partial charge in [0, 0.05) is 17.8 Å². The first-order valence-corrected chi connectivity index (χ1v) is 6.09. The van der Waals surface area contributed by atoms with E-state index < -0.39 is 0 Å². The van der Waals surface area contributed by atoms with Gasteiger partial charge < -0.3 is 10.6 Å². The summed E-state index contributed by atoms with van der Waals surface area (Å²) in [6.45, 7) is 1.98. The van der Waals surface area contributed by atoms with Crippen LogP contribution in [-0.4, -0.2) is 17.0 Å². The second-order valence-corrected chi connectivity index (χ2v) is 4.57. The first-order valence-electron chi connectivity index (χ1n) is 5.33. The summed E-state index contributed by atoms with van der Waals surface area (Å²) in [5.74, 6) is 1.04. The SMILES string of the molecule is CNc1ncc(Cl)c(Nc2cc(Cl)ccc2C)n1. The molecule has 0 amide bonds. The van der Waals surface area contributed by atoms with Crippen LogP contribution < -0.4 is 10.6 Å². The van der Waals surface area contributed by atoms with Crippen molar-refractivity contribution >= 4 is 40.7 Å². The fourth-order valence-electron chi connectivity index (χ4n) is 1.43. The maximum Gasteiger partial charge on any atom is 0.224 e. The van der Waals surface area contributed by atoms with E-state index in [4.69, 9.17) is 23.2 Å². The largest absolute Gasteiger partial charge is 0.357 e. The van der Waals surface area contributed by atoms with Crippen LogP contribution in [0.15, 0.2) is 24.4 Å². The molecule has 0 unspecified atom stereocenters. The summed E-state index contributed by atoms with van der Waals surface area (Å²) in [6.07, 6.45) is 1.54. The molecule has 1 heterocycles. The lowest BCUT2D eigenvalue weighted by molar-refractivity contribution is 1.15. The molecule has 1 aromatic carbocycles. The molecule has 18 heavy (non-hydrogen) atoms. The molecule has 4 nitrogen and oxygen atoms in total. The number of nitrogens with zero attached hydrogens (tertiary/aromatic N) is 2. The number of anilines is 3. The molecule has 2 aromatic rings. The Labute approximate surface area is 115 Å². The van der Waals surface area contributed by atoms with E-state index >= 15 is 0 Å². The van der Waals surface area contributed by atoms with Crippen molar-refractivity contribution in [3.8, 4) is 0 Å². The van der Waals surface area contributed by atoms with Crippen LogP contribution in [0.2, 0.25) is 10.0 Å². The fourth-order valence-corrected chi connectivity index (χ4v) is 1.74. The van der Waals surface area contributed by atoms with Gasteiger partial charge in [-0.2, -0.15) is 4.98 Å². The van der Waals surface area contributed by atoms with Crippen molar-refractivity contribution in [2.75, 3.05) is 17.7 Å². The normalized spacial score (nSPS) is 10.2. The quantitative estimate of drug-likeness (QED) is 0.897. The lowest BCUT2D eigenvalue weighted by Gasteiger charge is -2.11. The summed E-state index contributed by atoms with van der Waals surface area (Å²) in [5, 5.41) is 7.11. The smallest absolute Gasteiger partial charge is 0.224 e. The van der Waals surface area contributed by atoms with Crippen LogP contribution in [0.5, 0.6) is 0 Å². The van der Waals surface area contributed by atoms with E-state index in [0.29, 0.717) is 21.8 Å². The minimum Gasteiger partial charge on any atom is -0.357 e. The zero-order valence-corrected chi connectivity index (χ0v) is 11.5.